The highest BCUT2D eigenvalue weighted by Gasteiger charge is 2.34. The smallest absolute Gasteiger partial charge is 0.293 e. The first kappa shape index (κ1) is 22.0. The molecule has 5 rings (SSSR count). The normalized spacial score (nSPS) is 14.9. The molecule has 1 aliphatic heterocycles. The molecule has 1 aliphatic rings. The van der Waals surface area contributed by atoms with Crippen LogP contribution < -0.4 is 4.74 Å². The summed E-state index contributed by atoms with van der Waals surface area (Å²) in [5.74, 6) is 0.490. The minimum Gasteiger partial charge on any atom is -0.489 e. The Balaban J connectivity index is 1.25. The molecule has 34 heavy (non-hydrogen) atoms. The number of nitrogens with zero attached hydrogens (tertiary/aromatic N) is 1. The molecule has 0 aliphatic carbocycles. The monoisotopic (exact) mass is 465 g/mol. The van der Waals surface area contributed by atoms with Crippen LogP contribution in [-0.4, -0.2) is 16.0 Å². The third-order valence-corrected chi connectivity index (χ3v) is 6.69. The van der Waals surface area contributed by atoms with Crippen molar-refractivity contribution in [2.24, 2.45) is 0 Å². The van der Waals surface area contributed by atoms with Crippen LogP contribution in [0.3, 0.4) is 0 Å². The lowest BCUT2D eigenvalue weighted by Gasteiger charge is -2.12. The first-order valence-electron chi connectivity index (χ1n) is 11.1. The molecule has 0 radical (unpaired) electrons. The van der Waals surface area contributed by atoms with E-state index in [-0.39, 0.29) is 17.7 Å². The number of imide groups is 1. The Morgan fingerprint density at radius 2 is 1.59 bits per heavy atom. The Morgan fingerprint density at radius 1 is 0.853 bits per heavy atom. The van der Waals surface area contributed by atoms with Gasteiger partial charge in [-0.25, -0.2) is 0 Å². The average Bonchev–Trinajstić information content (AvgIpc) is 3.12. The lowest BCUT2D eigenvalue weighted by molar-refractivity contribution is -0.123. The number of hydrogen-bond donors (Lipinski definition) is 0. The second kappa shape index (κ2) is 9.57. The fraction of sp³-hybridized carbons (Fsp3) is 0.103. The Morgan fingerprint density at radius 3 is 2.38 bits per heavy atom. The van der Waals surface area contributed by atoms with Crippen molar-refractivity contribution in [1.29, 1.82) is 0 Å². The molecule has 2 amide bonds. The Kier molecular flexibility index (Phi) is 6.19. The second-order valence-electron chi connectivity index (χ2n) is 8.25. The van der Waals surface area contributed by atoms with Crippen molar-refractivity contribution in [3.63, 3.8) is 0 Å². The standard InChI is InChI=1S/C29H23NO3S/c1-20-9-11-22(12-10-20)18-30-28(31)27(34-29(30)32)17-21-13-15-25(16-14-21)33-19-24-7-4-6-23-5-2-3-8-26(23)24/h2-17H,18-19H2,1H3/b27-17-. The number of ether oxygens (including phenoxy) is 1. The van der Waals surface area contributed by atoms with E-state index in [1.54, 1.807) is 6.08 Å². The van der Waals surface area contributed by atoms with Crippen LogP contribution in [-0.2, 0) is 17.9 Å². The van der Waals surface area contributed by atoms with Gasteiger partial charge in [-0.3, -0.25) is 14.5 Å². The zero-order valence-electron chi connectivity index (χ0n) is 18.7. The van der Waals surface area contributed by atoms with Gasteiger partial charge in [-0.15, -0.1) is 0 Å². The third-order valence-electron chi connectivity index (χ3n) is 5.79. The minimum absolute atomic E-state index is 0.244. The van der Waals surface area contributed by atoms with Crippen LogP contribution in [0.5, 0.6) is 5.75 Å². The van der Waals surface area contributed by atoms with Crippen LogP contribution in [0.15, 0.2) is 95.9 Å². The van der Waals surface area contributed by atoms with Gasteiger partial charge in [0.25, 0.3) is 11.1 Å². The quantitative estimate of drug-likeness (QED) is 0.289. The maximum atomic E-state index is 12.8. The van der Waals surface area contributed by atoms with E-state index in [0.29, 0.717) is 11.5 Å². The van der Waals surface area contributed by atoms with Crippen LogP contribution in [0.2, 0.25) is 0 Å². The predicted molar refractivity (Wildman–Crippen MR) is 137 cm³/mol. The molecule has 0 unspecified atom stereocenters. The molecule has 0 aromatic heterocycles. The van der Waals surface area contributed by atoms with E-state index >= 15 is 0 Å². The summed E-state index contributed by atoms with van der Waals surface area (Å²) in [5.41, 5.74) is 4.05. The molecule has 4 nitrogen and oxygen atoms in total. The Hall–Kier alpha value is -3.83. The van der Waals surface area contributed by atoms with Crippen molar-refractivity contribution in [3.05, 3.63) is 118 Å². The summed E-state index contributed by atoms with van der Waals surface area (Å²) < 4.78 is 6.00. The number of fused-ring (bicyclic) bond motifs is 1. The van der Waals surface area contributed by atoms with Crippen molar-refractivity contribution >= 4 is 39.8 Å². The summed E-state index contributed by atoms with van der Waals surface area (Å²) in [7, 11) is 0. The highest BCUT2D eigenvalue weighted by atomic mass is 32.2. The molecule has 5 heteroatoms. The van der Waals surface area contributed by atoms with Gasteiger partial charge >= 0.3 is 0 Å². The van der Waals surface area contributed by atoms with E-state index < -0.39 is 0 Å². The van der Waals surface area contributed by atoms with Gasteiger partial charge < -0.3 is 4.74 Å². The summed E-state index contributed by atoms with van der Waals surface area (Å²) >= 11 is 0.979. The summed E-state index contributed by atoms with van der Waals surface area (Å²) in [5, 5.41) is 2.13. The molecular formula is C29H23NO3S. The molecule has 1 heterocycles. The lowest BCUT2D eigenvalue weighted by atomic mass is 10.1. The molecule has 0 spiro atoms. The van der Waals surface area contributed by atoms with E-state index in [1.165, 1.54) is 15.7 Å². The molecule has 0 saturated carbocycles. The van der Waals surface area contributed by atoms with Crippen LogP contribution in [0.25, 0.3) is 16.8 Å². The first-order valence-corrected chi connectivity index (χ1v) is 11.9. The van der Waals surface area contributed by atoms with Crippen LogP contribution >= 0.6 is 11.8 Å². The largest absolute Gasteiger partial charge is 0.489 e. The number of rotatable bonds is 6. The topological polar surface area (TPSA) is 46.6 Å². The average molecular weight is 466 g/mol. The van der Waals surface area contributed by atoms with Gasteiger partial charge in [0.05, 0.1) is 11.4 Å². The summed E-state index contributed by atoms with van der Waals surface area (Å²) in [6, 6.07) is 29.9. The van der Waals surface area contributed by atoms with Crippen molar-refractivity contribution < 1.29 is 14.3 Å². The summed E-state index contributed by atoms with van der Waals surface area (Å²) in [6.07, 6.45) is 1.76. The SMILES string of the molecule is Cc1ccc(CN2C(=O)S/C(=C\c3ccc(OCc4cccc5ccccc45)cc3)C2=O)cc1. The maximum Gasteiger partial charge on any atom is 0.293 e. The van der Waals surface area contributed by atoms with Crippen LogP contribution in [0.4, 0.5) is 4.79 Å². The summed E-state index contributed by atoms with van der Waals surface area (Å²) in [6.45, 7) is 2.76. The number of benzene rings is 4. The Labute approximate surface area is 202 Å². The number of carbonyl (C=O) groups is 2. The molecule has 0 atom stereocenters. The molecular weight excluding hydrogens is 442 g/mol. The number of aryl methyl sites for hydroxylation is 1. The molecule has 168 valence electrons. The zero-order valence-corrected chi connectivity index (χ0v) is 19.5. The van der Waals surface area contributed by atoms with Gasteiger partial charge in [0.2, 0.25) is 0 Å². The van der Waals surface area contributed by atoms with E-state index in [9.17, 15) is 9.59 Å². The Bertz CT molecular complexity index is 1390. The molecule has 4 aromatic rings. The third kappa shape index (κ3) is 4.75. The van der Waals surface area contributed by atoms with Gasteiger partial charge in [-0.1, -0.05) is 84.4 Å². The second-order valence-corrected chi connectivity index (χ2v) is 9.24. The van der Waals surface area contributed by atoms with E-state index in [0.717, 1.165) is 39.8 Å². The number of hydrogen-bond acceptors (Lipinski definition) is 4. The fourth-order valence-electron chi connectivity index (χ4n) is 3.90. The molecule has 1 saturated heterocycles. The van der Waals surface area contributed by atoms with Crippen molar-refractivity contribution in [3.8, 4) is 5.75 Å². The van der Waals surface area contributed by atoms with Gasteiger partial charge in [0.1, 0.15) is 12.4 Å². The van der Waals surface area contributed by atoms with Crippen molar-refractivity contribution in [1.82, 2.24) is 4.90 Å². The van der Waals surface area contributed by atoms with Crippen LogP contribution in [0, 0.1) is 6.92 Å². The molecule has 0 bridgehead atoms. The van der Waals surface area contributed by atoms with Gasteiger partial charge in [-0.05, 0) is 64.4 Å². The fourth-order valence-corrected chi connectivity index (χ4v) is 4.74. The molecule has 1 fully saturated rings. The van der Waals surface area contributed by atoms with Crippen molar-refractivity contribution in [2.75, 3.05) is 0 Å². The first-order chi connectivity index (χ1) is 16.6. The summed E-state index contributed by atoms with van der Waals surface area (Å²) in [4.78, 5) is 27.0. The molecule has 0 N–H and O–H groups in total. The van der Waals surface area contributed by atoms with E-state index in [1.807, 2.05) is 73.7 Å². The van der Waals surface area contributed by atoms with Gasteiger partial charge in [0.15, 0.2) is 0 Å². The number of thioether (sulfide) groups is 1. The number of carbonyl (C=O) groups excluding carboxylic acids is 2. The lowest BCUT2D eigenvalue weighted by Crippen LogP contribution is -2.27. The van der Waals surface area contributed by atoms with Gasteiger partial charge in [0, 0.05) is 0 Å². The predicted octanol–water partition coefficient (Wildman–Crippen LogP) is 6.96. The zero-order chi connectivity index (χ0) is 23.5. The minimum atomic E-state index is -0.258. The van der Waals surface area contributed by atoms with E-state index in [4.69, 9.17) is 4.74 Å². The van der Waals surface area contributed by atoms with E-state index in [2.05, 4.69) is 24.3 Å². The van der Waals surface area contributed by atoms with Crippen LogP contribution in [0.1, 0.15) is 22.3 Å². The maximum absolute atomic E-state index is 12.8. The highest BCUT2D eigenvalue weighted by Crippen LogP contribution is 2.33. The van der Waals surface area contributed by atoms with Gasteiger partial charge in [-0.2, -0.15) is 0 Å². The molecule has 4 aromatic carbocycles. The number of amides is 2. The highest BCUT2D eigenvalue weighted by molar-refractivity contribution is 8.18. The van der Waals surface area contributed by atoms with Crippen molar-refractivity contribution in [2.45, 2.75) is 20.1 Å².